The summed E-state index contributed by atoms with van der Waals surface area (Å²) >= 11 is 0. The number of methoxy groups -OCH3 is 1. The lowest BCUT2D eigenvalue weighted by Gasteiger charge is -2.35. The lowest BCUT2D eigenvalue weighted by Crippen LogP contribution is -2.44. The number of piperazine rings is 1. The first kappa shape index (κ1) is 29.5. The van der Waals surface area contributed by atoms with Crippen molar-refractivity contribution in [2.45, 2.75) is 26.9 Å². The van der Waals surface area contributed by atoms with Crippen molar-refractivity contribution in [2.75, 3.05) is 70.2 Å². The minimum Gasteiger partial charge on any atom is -0.383 e. The third-order valence-corrected chi connectivity index (χ3v) is 7.89. The molecule has 5 rings (SSSR count). The van der Waals surface area contributed by atoms with Crippen LogP contribution in [0.5, 0.6) is 0 Å². The molecule has 222 valence electrons. The largest absolute Gasteiger partial charge is 0.383 e. The molecule has 4 aromatic rings. The Hall–Kier alpha value is -3.99. The van der Waals surface area contributed by atoms with Gasteiger partial charge in [0.25, 0.3) is 5.56 Å². The van der Waals surface area contributed by atoms with Gasteiger partial charge in [0.2, 0.25) is 5.95 Å². The number of aryl methyl sites for hydroxylation is 1. The number of nitrogens with one attached hydrogen (secondary N) is 1. The quantitative estimate of drug-likeness (QED) is 0.256. The van der Waals surface area contributed by atoms with Crippen LogP contribution >= 0.6 is 0 Å². The van der Waals surface area contributed by atoms with Gasteiger partial charge in [0, 0.05) is 63.9 Å². The molecule has 1 fully saturated rings. The van der Waals surface area contributed by atoms with Crippen LogP contribution in [0.1, 0.15) is 18.1 Å². The van der Waals surface area contributed by atoms with Crippen LogP contribution in [0.15, 0.2) is 66.1 Å². The summed E-state index contributed by atoms with van der Waals surface area (Å²) in [6, 6.07) is 14.6. The van der Waals surface area contributed by atoms with Crippen molar-refractivity contribution in [3.63, 3.8) is 0 Å². The Kier molecular flexibility index (Phi) is 9.36. The van der Waals surface area contributed by atoms with Gasteiger partial charge in [-0.05, 0) is 62.0 Å². The fraction of sp³-hybridized carbons (Fsp3) is 0.406. The van der Waals surface area contributed by atoms with Crippen molar-refractivity contribution in [1.29, 1.82) is 0 Å². The topological polar surface area (TPSA) is 83.7 Å². The van der Waals surface area contributed by atoms with Gasteiger partial charge in [-0.3, -0.25) is 9.69 Å². The molecule has 42 heavy (non-hydrogen) atoms. The Labute approximate surface area is 247 Å². The van der Waals surface area contributed by atoms with E-state index < -0.39 is 0 Å². The summed E-state index contributed by atoms with van der Waals surface area (Å²) in [5.74, 6) is 0.437. The lowest BCUT2D eigenvalue weighted by atomic mass is 10.1. The minimum absolute atomic E-state index is 0.149. The zero-order valence-electron chi connectivity index (χ0n) is 25.2. The van der Waals surface area contributed by atoms with Crippen LogP contribution in [0.2, 0.25) is 0 Å². The Morgan fingerprint density at radius 2 is 1.95 bits per heavy atom. The zero-order valence-corrected chi connectivity index (χ0v) is 25.2. The number of anilines is 3. The van der Waals surface area contributed by atoms with E-state index in [2.05, 4.69) is 82.8 Å². The van der Waals surface area contributed by atoms with E-state index in [1.54, 1.807) is 24.1 Å². The molecule has 10 heteroatoms. The molecule has 10 nitrogen and oxygen atoms in total. The molecule has 2 aromatic heterocycles. The number of nitrogens with zero attached hydrogens (tertiary/aromatic N) is 7. The van der Waals surface area contributed by atoms with Gasteiger partial charge in [0.1, 0.15) is 5.39 Å². The smallest absolute Gasteiger partial charge is 0.278 e. The van der Waals surface area contributed by atoms with Gasteiger partial charge in [-0.1, -0.05) is 25.1 Å². The number of rotatable bonds is 12. The molecule has 1 saturated heterocycles. The van der Waals surface area contributed by atoms with E-state index in [1.165, 1.54) is 11.3 Å². The summed E-state index contributed by atoms with van der Waals surface area (Å²) < 4.78 is 8.82. The number of hydrogen-bond donors (Lipinski definition) is 1. The Balaban J connectivity index is 1.46. The van der Waals surface area contributed by atoms with Gasteiger partial charge in [-0.15, -0.1) is 6.58 Å². The van der Waals surface area contributed by atoms with Crippen LogP contribution in [0.3, 0.4) is 0 Å². The van der Waals surface area contributed by atoms with Crippen LogP contribution < -0.4 is 15.8 Å². The molecule has 1 aliphatic heterocycles. The monoisotopic (exact) mass is 570 g/mol. The van der Waals surface area contributed by atoms with Gasteiger partial charge in [0.05, 0.1) is 18.8 Å². The number of benzene rings is 2. The average Bonchev–Trinajstić information content (AvgIpc) is 3.26. The molecular weight excluding hydrogens is 528 g/mol. The van der Waals surface area contributed by atoms with Crippen LogP contribution in [0.4, 0.5) is 17.3 Å². The molecule has 3 heterocycles. The second kappa shape index (κ2) is 13.3. The minimum atomic E-state index is -0.149. The van der Waals surface area contributed by atoms with E-state index >= 15 is 0 Å². The SMILES string of the molecule is C=CCn1c(=O)c2cnc(Nc3ccc(N4CCN(C)CC4)c(C)c3)nc2n1-c1cccc(CN(CC)CCOC)c1. The maximum atomic E-state index is 13.4. The molecule has 0 saturated carbocycles. The highest BCUT2D eigenvalue weighted by Crippen LogP contribution is 2.26. The maximum absolute atomic E-state index is 13.4. The van der Waals surface area contributed by atoms with Crippen molar-refractivity contribution in [3.05, 3.63) is 82.8 Å². The Morgan fingerprint density at radius 1 is 1.14 bits per heavy atom. The molecule has 0 aliphatic carbocycles. The van der Waals surface area contributed by atoms with E-state index in [-0.39, 0.29) is 5.56 Å². The third-order valence-electron chi connectivity index (χ3n) is 7.89. The molecule has 1 N–H and O–H groups in total. The first-order chi connectivity index (χ1) is 20.4. The number of ether oxygens (including phenoxy) is 1. The molecular formula is C32H42N8O2. The predicted molar refractivity (Wildman–Crippen MR) is 170 cm³/mol. The van der Waals surface area contributed by atoms with Crippen molar-refractivity contribution in [3.8, 4) is 5.69 Å². The number of likely N-dealkylation sites (N-methyl/N-ethyl adjacent to an activating group) is 2. The molecule has 0 amide bonds. The molecule has 0 spiro atoms. The van der Waals surface area contributed by atoms with Gasteiger partial charge >= 0.3 is 0 Å². The predicted octanol–water partition coefficient (Wildman–Crippen LogP) is 4.04. The molecule has 2 aromatic carbocycles. The summed E-state index contributed by atoms with van der Waals surface area (Å²) in [4.78, 5) is 29.9. The summed E-state index contributed by atoms with van der Waals surface area (Å²) in [5, 5.41) is 3.83. The van der Waals surface area contributed by atoms with Gasteiger partial charge < -0.3 is 19.9 Å². The van der Waals surface area contributed by atoms with Crippen LogP contribution in [0, 0.1) is 6.92 Å². The fourth-order valence-electron chi connectivity index (χ4n) is 5.52. The highest BCUT2D eigenvalue weighted by molar-refractivity contribution is 5.77. The van der Waals surface area contributed by atoms with E-state index in [0.717, 1.165) is 62.8 Å². The highest BCUT2D eigenvalue weighted by Gasteiger charge is 2.19. The summed E-state index contributed by atoms with van der Waals surface area (Å²) in [7, 11) is 3.89. The fourth-order valence-corrected chi connectivity index (χ4v) is 5.52. The second-order valence-corrected chi connectivity index (χ2v) is 10.9. The van der Waals surface area contributed by atoms with Crippen molar-refractivity contribution >= 4 is 28.4 Å². The molecule has 0 bridgehead atoms. The Bertz CT molecular complexity index is 1590. The maximum Gasteiger partial charge on any atom is 0.278 e. The van der Waals surface area contributed by atoms with E-state index in [0.29, 0.717) is 30.1 Å². The second-order valence-electron chi connectivity index (χ2n) is 10.9. The van der Waals surface area contributed by atoms with Crippen LogP contribution in [0.25, 0.3) is 16.7 Å². The number of fused-ring (bicyclic) bond motifs is 1. The van der Waals surface area contributed by atoms with Crippen molar-refractivity contribution < 1.29 is 4.74 Å². The summed E-state index contributed by atoms with van der Waals surface area (Å²) in [5.41, 5.74) is 5.77. The van der Waals surface area contributed by atoms with Gasteiger partial charge in [0.15, 0.2) is 5.65 Å². The van der Waals surface area contributed by atoms with Crippen molar-refractivity contribution in [1.82, 2.24) is 29.1 Å². The zero-order chi connectivity index (χ0) is 29.6. The number of allylic oxidation sites excluding steroid dienone is 1. The summed E-state index contributed by atoms with van der Waals surface area (Å²) in [6.07, 6.45) is 3.34. The Morgan fingerprint density at radius 3 is 2.67 bits per heavy atom. The molecule has 0 radical (unpaired) electrons. The normalized spacial score (nSPS) is 14.2. The highest BCUT2D eigenvalue weighted by atomic mass is 16.5. The van der Waals surface area contributed by atoms with E-state index in [4.69, 9.17) is 9.72 Å². The lowest BCUT2D eigenvalue weighted by molar-refractivity contribution is 0.147. The van der Waals surface area contributed by atoms with E-state index in [9.17, 15) is 4.79 Å². The average molecular weight is 571 g/mol. The standard InChI is InChI=1S/C32H42N8O2/c1-6-13-39-31(41)28-22-33-32(34-26-11-12-29(24(3)20-26)38-16-14-36(4)15-17-38)35-30(28)40(39)27-10-8-9-25(21-27)23-37(7-2)18-19-42-5/h6,8-12,20-22H,1,7,13-19,23H2,2-5H3,(H,33,34,35). The molecule has 1 aliphatic rings. The molecule has 0 unspecified atom stereocenters. The van der Waals surface area contributed by atoms with Gasteiger partial charge in [-0.25, -0.2) is 14.3 Å². The van der Waals surface area contributed by atoms with Gasteiger partial charge in [-0.2, -0.15) is 4.98 Å². The van der Waals surface area contributed by atoms with Crippen LogP contribution in [-0.2, 0) is 17.8 Å². The van der Waals surface area contributed by atoms with Crippen molar-refractivity contribution in [2.24, 2.45) is 0 Å². The first-order valence-corrected chi connectivity index (χ1v) is 14.6. The number of aromatic nitrogens is 4. The molecule has 0 atom stereocenters. The van der Waals surface area contributed by atoms with E-state index in [1.807, 2.05) is 16.8 Å². The summed E-state index contributed by atoms with van der Waals surface area (Å²) in [6.45, 7) is 15.9. The van der Waals surface area contributed by atoms with Crippen LogP contribution in [-0.4, -0.2) is 89.2 Å². The third kappa shape index (κ3) is 6.41. The first-order valence-electron chi connectivity index (χ1n) is 14.6. The number of hydrogen-bond acceptors (Lipinski definition) is 8.